The summed E-state index contributed by atoms with van der Waals surface area (Å²) in [4.78, 5) is 11.2. The molecule has 1 aromatic carbocycles. The van der Waals surface area contributed by atoms with Crippen molar-refractivity contribution in [3.63, 3.8) is 0 Å². The Bertz CT molecular complexity index is 456. The Balaban J connectivity index is 0.00000484. The number of carbonyl (C=O) groups is 1. The lowest BCUT2D eigenvalue weighted by Gasteiger charge is -2.37. The first-order chi connectivity index (χ1) is 10.7. The summed E-state index contributed by atoms with van der Waals surface area (Å²) >= 11 is 0. The number of hydrogen-bond donors (Lipinski definition) is 0. The number of halogens is 1. The van der Waals surface area contributed by atoms with Gasteiger partial charge in [-0.15, -0.1) is 0 Å². The first kappa shape index (κ1) is 21.9. The smallest absolute Gasteiger partial charge is 0.330 e. The maximum absolute atomic E-state index is 11.2. The highest BCUT2D eigenvalue weighted by molar-refractivity contribution is 5.81. The third kappa shape index (κ3) is 8.33. The summed E-state index contributed by atoms with van der Waals surface area (Å²) in [5, 5.41) is 0. The van der Waals surface area contributed by atoms with E-state index in [4.69, 9.17) is 4.74 Å². The van der Waals surface area contributed by atoms with Crippen molar-refractivity contribution < 1.29 is 31.0 Å². The van der Waals surface area contributed by atoms with Gasteiger partial charge in [-0.1, -0.05) is 36.4 Å². The van der Waals surface area contributed by atoms with Crippen molar-refractivity contribution in [1.29, 1.82) is 0 Å². The van der Waals surface area contributed by atoms with Crippen molar-refractivity contribution in [3.05, 3.63) is 48.0 Å². The van der Waals surface area contributed by atoms with Crippen LogP contribution >= 0.6 is 0 Å². The molecule has 0 atom stereocenters. The van der Waals surface area contributed by atoms with E-state index >= 15 is 0 Å². The van der Waals surface area contributed by atoms with E-state index in [0.717, 1.165) is 43.5 Å². The molecule has 0 amide bonds. The summed E-state index contributed by atoms with van der Waals surface area (Å²) in [5.41, 5.74) is 1.39. The van der Waals surface area contributed by atoms with Gasteiger partial charge in [0, 0.05) is 11.6 Å². The summed E-state index contributed by atoms with van der Waals surface area (Å²) in [7, 11) is 0. The van der Waals surface area contributed by atoms with Gasteiger partial charge < -0.3 is 26.2 Å². The molecule has 0 fully saturated rings. The molecule has 0 unspecified atom stereocenters. The van der Waals surface area contributed by atoms with Gasteiger partial charge in [0.05, 0.1) is 26.2 Å². The van der Waals surface area contributed by atoms with Crippen LogP contribution in [0.3, 0.4) is 0 Å². The van der Waals surface area contributed by atoms with E-state index in [-0.39, 0.29) is 23.0 Å². The molecule has 0 radical (unpaired) electrons. The van der Waals surface area contributed by atoms with Gasteiger partial charge in [-0.05, 0) is 33.6 Å². The largest absolute Gasteiger partial charge is 1.00 e. The molecular formula is C19H30BrNO2. The Morgan fingerprint density at radius 2 is 1.78 bits per heavy atom. The second kappa shape index (κ2) is 12.3. The number of unbranched alkanes of at least 4 members (excludes halogenated alkanes) is 1. The molecule has 1 aromatic rings. The Morgan fingerprint density at radius 3 is 2.35 bits per heavy atom. The molecule has 4 heteroatoms. The van der Waals surface area contributed by atoms with Gasteiger partial charge in [0.15, 0.2) is 0 Å². The van der Waals surface area contributed by atoms with Gasteiger partial charge in [0.25, 0.3) is 0 Å². The number of esters is 1. The fraction of sp³-hybridized carbons (Fsp3) is 0.526. The standard InChI is InChI=1S/C19H30NO2.BrH/c1-4-12-19(21)22-16-11-10-15-20(5-2,6-3)17-18-13-8-7-9-14-18;/h4,7-9,12-14H,5-6,10-11,15-17H2,1-3H3;1H/q+1;/p-1. The Morgan fingerprint density at radius 1 is 1.13 bits per heavy atom. The average molecular weight is 384 g/mol. The van der Waals surface area contributed by atoms with Crippen LogP contribution < -0.4 is 17.0 Å². The number of quaternary nitrogens is 1. The summed E-state index contributed by atoms with van der Waals surface area (Å²) in [6.45, 7) is 11.3. The van der Waals surface area contributed by atoms with Gasteiger partial charge in [-0.3, -0.25) is 0 Å². The zero-order chi connectivity index (χ0) is 16.3. The molecule has 23 heavy (non-hydrogen) atoms. The van der Waals surface area contributed by atoms with E-state index in [1.165, 1.54) is 11.6 Å². The second-order valence-electron chi connectivity index (χ2n) is 5.72. The molecule has 0 saturated carbocycles. The molecule has 0 N–H and O–H groups in total. The lowest BCUT2D eigenvalue weighted by atomic mass is 10.1. The van der Waals surface area contributed by atoms with E-state index in [9.17, 15) is 4.79 Å². The lowest BCUT2D eigenvalue weighted by Crippen LogP contribution is -3.00. The van der Waals surface area contributed by atoms with Gasteiger partial charge in [0.2, 0.25) is 0 Å². The van der Waals surface area contributed by atoms with E-state index in [0.29, 0.717) is 6.61 Å². The maximum atomic E-state index is 11.2. The zero-order valence-corrected chi connectivity index (χ0v) is 16.2. The van der Waals surface area contributed by atoms with Crippen LogP contribution in [0.5, 0.6) is 0 Å². The molecule has 1 rings (SSSR count). The third-order valence-corrected chi connectivity index (χ3v) is 4.28. The number of benzene rings is 1. The average Bonchev–Trinajstić information content (AvgIpc) is 2.54. The van der Waals surface area contributed by atoms with Gasteiger partial charge in [-0.25, -0.2) is 4.79 Å². The predicted octanol–water partition coefficient (Wildman–Crippen LogP) is 0.947. The molecule has 0 aliphatic heterocycles. The van der Waals surface area contributed by atoms with Crippen LogP contribution in [0.4, 0.5) is 0 Å². The van der Waals surface area contributed by atoms with Crippen molar-refractivity contribution in [2.75, 3.05) is 26.2 Å². The fourth-order valence-electron chi connectivity index (χ4n) is 2.72. The summed E-state index contributed by atoms with van der Waals surface area (Å²) in [5.74, 6) is -0.237. The van der Waals surface area contributed by atoms with Crippen LogP contribution in [0.2, 0.25) is 0 Å². The van der Waals surface area contributed by atoms with Crippen molar-refractivity contribution in [2.24, 2.45) is 0 Å². The number of hydrogen-bond acceptors (Lipinski definition) is 2. The molecule has 0 spiro atoms. The van der Waals surface area contributed by atoms with Crippen LogP contribution in [0, 0.1) is 0 Å². The summed E-state index contributed by atoms with van der Waals surface area (Å²) in [6.07, 6.45) is 5.18. The number of nitrogens with zero attached hydrogens (tertiary/aromatic N) is 1. The molecule has 0 aromatic heterocycles. The normalized spacial score (nSPS) is 11.3. The second-order valence-corrected chi connectivity index (χ2v) is 5.72. The SMILES string of the molecule is CC=CC(=O)OCCCC[N+](CC)(CC)Cc1ccccc1.[Br-]. The minimum absolute atomic E-state index is 0. The van der Waals surface area contributed by atoms with Crippen LogP contribution in [0.15, 0.2) is 42.5 Å². The minimum atomic E-state index is -0.237. The van der Waals surface area contributed by atoms with Crippen molar-refractivity contribution >= 4 is 5.97 Å². The van der Waals surface area contributed by atoms with E-state index in [1.54, 1.807) is 6.08 Å². The number of allylic oxidation sites excluding steroid dienone is 1. The van der Waals surface area contributed by atoms with E-state index < -0.39 is 0 Å². The van der Waals surface area contributed by atoms with E-state index in [1.807, 2.05) is 6.92 Å². The van der Waals surface area contributed by atoms with E-state index in [2.05, 4.69) is 44.2 Å². The van der Waals surface area contributed by atoms with Gasteiger partial charge >= 0.3 is 5.97 Å². The molecular weight excluding hydrogens is 354 g/mol. The van der Waals surface area contributed by atoms with Gasteiger partial charge in [-0.2, -0.15) is 0 Å². The predicted molar refractivity (Wildman–Crippen MR) is 91.4 cm³/mol. The Kier molecular flexibility index (Phi) is 11.7. The molecule has 3 nitrogen and oxygen atoms in total. The van der Waals surface area contributed by atoms with Crippen LogP contribution in [-0.2, 0) is 16.1 Å². The fourth-order valence-corrected chi connectivity index (χ4v) is 2.72. The monoisotopic (exact) mass is 383 g/mol. The highest BCUT2D eigenvalue weighted by atomic mass is 79.9. The third-order valence-electron chi connectivity index (χ3n) is 4.28. The number of carbonyl (C=O) groups excluding carboxylic acids is 1. The van der Waals surface area contributed by atoms with Crippen molar-refractivity contribution in [1.82, 2.24) is 0 Å². The highest BCUT2D eigenvalue weighted by Gasteiger charge is 2.23. The lowest BCUT2D eigenvalue weighted by molar-refractivity contribution is -0.938. The highest BCUT2D eigenvalue weighted by Crippen LogP contribution is 2.16. The van der Waals surface area contributed by atoms with Crippen molar-refractivity contribution in [2.45, 2.75) is 40.2 Å². The van der Waals surface area contributed by atoms with Crippen LogP contribution in [0.1, 0.15) is 39.2 Å². The maximum Gasteiger partial charge on any atom is 0.330 e. The molecule has 0 bridgehead atoms. The molecule has 0 saturated heterocycles. The summed E-state index contributed by atoms with van der Waals surface area (Å²) in [6, 6.07) is 10.7. The molecule has 0 aliphatic rings. The van der Waals surface area contributed by atoms with Crippen LogP contribution in [-0.4, -0.2) is 36.7 Å². The molecule has 130 valence electrons. The first-order valence-electron chi connectivity index (χ1n) is 8.34. The number of ether oxygens (including phenoxy) is 1. The first-order valence-corrected chi connectivity index (χ1v) is 8.34. The zero-order valence-electron chi connectivity index (χ0n) is 14.6. The molecule has 0 heterocycles. The Hall–Kier alpha value is -1.13. The number of rotatable bonds is 10. The Labute approximate surface area is 151 Å². The van der Waals surface area contributed by atoms with Gasteiger partial charge in [0.1, 0.15) is 6.54 Å². The minimum Gasteiger partial charge on any atom is -1.00 e. The van der Waals surface area contributed by atoms with Crippen molar-refractivity contribution in [3.8, 4) is 0 Å². The quantitative estimate of drug-likeness (QED) is 0.260. The topological polar surface area (TPSA) is 26.3 Å². The van der Waals surface area contributed by atoms with Crippen LogP contribution in [0.25, 0.3) is 0 Å². The summed E-state index contributed by atoms with van der Waals surface area (Å²) < 4.78 is 6.24. The molecule has 0 aliphatic carbocycles.